The molecule has 2 aromatic rings. The van der Waals surface area contributed by atoms with Crippen molar-refractivity contribution in [1.29, 1.82) is 5.26 Å². The number of ether oxygens (including phenoxy) is 1. The minimum absolute atomic E-state index is 0.279. The topological polar surface area (TPSA) is 45.0 Å². The molecule has 1 atom stereocenters. The predicted octanol–water partition coefficient (Wildman–Crippen LogP) is 4.27. The molecular weight excluding hydrogens is 323 g/mol. The van der Waals surface area contributed by atoms with Gasteiger partial charge in [-0.15, -0.1) is 0 Å². The Morgan fingerprint density at radius 3 is 2.70 bits per heavy atom. The Hall–Kier alpha value is -2.06. The Kier molecular flexibility index (Phi) is 4.59. The maximum Gasteiger partial charge on any atom is 0.146 e. The molecule has 5 heteroatoms. The standard InChI is InChI=1S/C15H12BrFN2O/c1-20-15-7-6-10(16)8-11(15)14(9-18)19-13-5-3-2-4-12(13)17/h2-8,14,19H,1H3. The average molecular weight is 335 g/mol. The van der Waals surface area contributed by atoms with Gasteiger partial charge in [0, 0.05) is 10.0 Å². The van der Waals surface area contributed by atoms with Crippen LogP contribution in [-0.4, -0.2) is 7.11 Å². The summed E-state index contributed by atoms with van der Waals surface area (Å²) >= 11 is 3.36. The van der Waals surface area contributed by atoms with E-state index in [2.05, 4.69) is 27.3 Å². The maximum absolute atomic E-state index is 13.7. The lowest BCUT2D eigenvalue weighted by Gasteiger charge is -2.17. The molecule has 0 aromatic heterocycles. The molecule has 0 saturated carbocycles. The number of hydrogen-bond acceptors (Lipinski definition) is 3. The van der Waals surface area contributed by atoms with Crippen LogP contribution in [0.1, 0.15) is 11.6 Å². The van der Waals surface area contributed by atoms with E-state index in [-0.39, 0.29) is 5.69 Å². The lowest BCUT2D eigenvalue weighted by Crippen LogP contribution is -2.11. The molecule has 0 fully saturated rings. The van der Waals surface area contributed by atoms with E-state index in [1.807, 2.05) is 6.07 Å². The first-order chi connectivity index (χ1) is 9.65. The van der Waals surface area contributed by atoms with Crippen LogP contribution >= 0.6 is 15.9 Å². The van der Waals surface area contributed by atoms with Gasteiger partial charge in [-0.3, -0.25) is 0 Å². The van der Waals surface area contributed by atoms with Crippen molar-refractivity contribution in [2.75, 3.05) is 12.4 Å². The Bertz CT molecular complexity index is 655. The van der Waals surface area contributed by atoms with Crippen molar-refractivity contribution >= 4 is 21.6 Å². The fourth-order valence-electron chi connectivity index (χ4n) is 1.84. The Balaban J connectivity index is 2.37. The number of rotatable bonds is 4. The monoisotopic (exact) mass is 334 g/mol. The van der Waals surface area contributed by atoms with Crippen LogP contribution in [0.5, 0.6) is 5.75 Å². The first kappa shape index (κ1) is 14.4. The summed E-state index contributed by atoms with van der Waals surface area (Å²) in [5, 5.41) is 12.2. The number of nitriles is 1. The summed E-state index contributed by atoms with van der Waals surface area (Å²) in [6.45, 7) is 0. The molecule has 1 unspecified atom stereocenters. The van der Waals surface area contributed by atoms with Crippen LogP contribution in [-0.2, 0) is 0 Å². The van der Waals surface area contributed by atoms with Gasteiger partial charge in [0.2, 0.25) is 0 Å². The number of para-hydroxylation sites is 1. The van der Waals surface area contributed by atoms with E-state index >= 15 is 0 Å². The van der Waals surface area contributed by atoms with Crippen molar-refractivity contribution in [3.8, 4) is 11.8 Å². The van der Waals surface area contributed by atoms with Gasteiger partial charge in [-0.1, -0.05) is 28.1 Å². The van der Waals surface area contributed by atoms with Gasteiger partial charge in [0.15, 0.2) is 0 Å². The van der Waals surface area contributed by atoms with E-state index in [1.165, 1.54) is 13.2 Å². The molecule has 20 heavy (non-hydrogen) atoms. The van der Waals surface area contributed by atoms with Crippen molar-refractivity contribution in [2.24, 2.45) is 0 Å². The number of nitrogens with one attached hydrogen (secondary N) is 1. The Morgan fingerprint density at radius 2 is 2.05 bits per heavy atom. The minimum atomic E-state index is -0.709. The van der Waals surface area contributed by atoms with Gasteiger partial charge in [-0.2, -0.15) is 5.26 Å². The van der Waals surface area contributed by atoms with E-state index in [0.29, 0.717) is 11.3 Å². The van der Waals surface area contributed by atoms with E-state index in [4.69, 9.17) is 4.74 Å². The van der Waals surface area contributed by atoms with E-state index < -0.39 is 11.9 Å². The van der Waals surface area contributed by atoms with Gasteiger partial charge >= 0.3 is 0 Å². The molecule has 3 nitrogen and oxygen atoms in total. The van der Waals surface area contributed by atoms with Gasteiger partial charge in [0.1, 0.15) is 17.6 Å². The highest BCUT2D eigenvalue weighted by Gasteiger charge is 2.17. The summed E-state index contributed by atoms with van der Waals surface area (Å²) in [5.74, 6) is 0.172. The number of nitrogens with zero attached hydrogens (tertiary/aromatic N) is 1. The van der Waals surface area contributed by atoms with Gasteiger partial charge in [-0.05, 0) is 30.3 Å². The molecule has 0 aliphatic carbocycles. The smallest absolute Gasteiger partial charge is 0.146 e. The van der Waals surface area contributed by atoms with Gasteiger partial charge < -0.3 is 10.1 Å². The zero-order valence-corrected chi connectivity index (χ0v) is 12.3. The van der Waals surface area contributed by atoms with Crippen LogP contribution in [0, 0.1) is 17.1 Å². The third-order valence-electron chi connectivity index (χ3n) is 2.81. The lowest BCUT2D eigenvalue weighted by atomic mass is 10.1. The first-order valence-electron chi connectivity index (χ1n) is 5.90. The second-order valence-electron chi connectivity index (χ2n) is 4.07. The second kappa shape index (κ2) is 6.40. The van der Waals surface area contributed by atoms with Gasteiger partial charge in [0.05, 0.1) is 18.9 Å². The van der Waals surface area contributed by atoms with Crippen LogP contribution in [0.3, 0.4) is 0 Å². The van der Waals surface area contributed by atoms with Crippen molar-refractivity contribution in [2.45, 2.75) is 6.04 Å². The van der Waals surface area contributed by atoms with Crippen LogP contribution in [0.4, 0.5) is 10.1 Å². The molecule has 0 radical (unpaired) electrons. The maximum atomic E-state index is 13.7. The van der Waals surface area contributed by atoms with Crippen molar-refractivity contribution in [3.05, 3.63) is 58.3 Å². The molecule has 0 amide bonds. The summed E-state index contributed by atoms with van der Waals surface area (Å²) in [5.41, 5.74) is 0.925. The van der Waals surface area contributed by atoms with E-state index in [0.717, 1.165) is 4.47 Å². The number of halogens is 2. The lowest BCUT2D eigenvalue weighted by molar-refractivity contribution is 0.409. The molecule has 2 aromatic carbocycles. The average Bonchev–Trinajstić information content (AvgIpc) is 2.46. The summed E-state index contributed by atoms with van der Waals surface area (Å²) in [6, 6.07) is 13.0. The fourth-order valence-corrected chi connectivity index (χ4v) is 2.22. The van der Waals surface area contributed by atoms with Crippen molar-refractivity contribution in [3.63, 3.8) is 0 Å². The summed E-state index contributed by atoms with van der Waals surface area (Å²) in [7, 11) is 1.53. The second-order valence-corrected chi connectivity index (χ2v) is 4.99. The Labute approximate surface area is 125 Å². The molecule has 1 N–H and O–H groups in total. The number of hydrogen-bond donors (Lipinski definition) is 1. The molecular formula is C15H12BrFN2O. The molecule has 0 bridgehead atoms. The highest BCUT2D eigenvalue weighted by atomic mass is 79.9. The molecule has 2 rings (SSSR count). The molecule has 102 valence electrons. The van der Waals surface area contributed by atoms with E-state index in [1.54, 1.807) is 30.3 Å². The molecule has 0 aliphatic heterocycles. The van der Waals surface area contributed by atoms with Crippen LogP contribution < -0.4 is 10.1 Å². The highest BCUT2D eigenvalue weighted by Crippen LogP contribution is 2.31. The highest BCUT2D eigenvalue weighted by molar-refractivity contribution is 9.10. The summed E-state index contributed by atoms with van der Waals surface area (Å²) in [6.07, 6.45) is 0. The van der Waals surface area contributed by atoms with Crippen LogP contribution in [0.2, 0.25) is 0 Å². The quantitative estimate of drug-likeness (QED) is 0.907. The third kappa shape index (κ3) is 3.09. The molecule has 0 saturated heterocycles. The summed E-state index contributed by atoms with van der Waals surface area (Å²) < 4.78 is 19.7. The number of anilines is 1. The van der Waals surface area contributed by atoms with Gasteiger partial charge in [-0.25, -0.2) is 4.39 Å². The first-order valence-corrected chi connectivity index (χ1v) is 6.69. The zero-order chi connectivity index (χ0) is 14.5. The summed E-state index contributed by atoms with van der Waals surface area (Å²) in [4.78, 5) is 0. The molecule has 0 aliphatic rings. The van der Waals surface area contributed by atoms with Crippen LogP contribution in [0.15, 0.2) is 46.9 Å². The van der Waals surface area contributed by atoms with E-state index in [9.17, 15) is 9.65 Å². The van der Waals surface area contributed by atoms with Gasteiger partial charge in [0.25, 0.3) is 0 Å². The Morgan fingerprint density at radius 1 is 1.30 bits per heavy atom. The largest absolute Gasteiger partial charge is 0.496 e. The van der Waals surface area contributed by atoms with Crippen molar-refractivity contribution < 1.29 is 9.13 Å². The third-order valence-corrected chi connectivity index (χ3v) is 3.30. The number of benzene rings is 2. The zero-order valence-electron chi connectivity index (χ0n) is 10.7. The fraction of sp³-hybridized carbons (Fsp3) is 0.133. The number of methoxy groups -OCH3 is 1. The SMILES string of the molecule is COc1ccc(Br)cc1C(C#N)Nc1ccccc1F. The van der Waals surface area contributed by atoms with Crippen LogP contribution in [0.25, 0.3) is 0 Å². The molecule has 0 spiro atoms. The minimum Gasteiger partial charge on any atom is -0.496 e. The molecule has 0 heterocycles. The van der Waals surface area contributed by atoms with Crippen molar-refractivity contribution in [1.82, 2.24) is 0 Å². The normalized spacial score (nSPS) is 11.5. The predicted molar refractivity (Wildman–Crippen MR) is 79.1 cm³/mol.